The topological polar surface area (TPSA) is 73.4 Å². The minimum Gasteiger partial charge on any atom is -0.493 e. The van der Waals surface area contributed by atoms with Crippen molar-refractivity contribution in [1.29, 1.82) is 0 Å². The summed E-state index contributed by atoms with van der Waals surface area (Å²) >= 11 is 0. The minimum atomic E-state index is 0.0725. The molecule has 0 unspecified atom stereocenters. The predicted octanol–water partition coefficient (Wildman–Crippen LogP) is 0.908. The van der Waals surface area contributed by atoms with Gasteiger partial charge in [-0.2, -0.15) is 5.10 Å². The van der Waals surface area contributed by atoms with Gasteiger partial charge in [-0.05, 0) is 19.3 Å². The number of aromatic nitrogens is 2. The van der Waals surface area contributed by atoms with Crippen LogP contribution in [0.1, 0.15) is 36.7 Å². The van der Waals surface area contributed by atoms with Gasteiger partial charge >= 0.3 is 0 Å². The Balaban J connectivity index is 2.06. The first kappa shape index (κ1) is 15.0. The molecule has 6 nitrogen and oxygen atoms in total. The van der Waals surface area contributed by atoms with Crippen LogP contribution >= 0.6 is 0 Å². The maximum atomic E-state index is 12.5. The van der Waals surface area contributed by atoms with E-state index in [0.29, 0.717) is 18.0 Å². The van der Waals surface area contributed by atoms with Gasteiger partial charge in [0.2, 0.25) is 0 Å². The average molecular weight is 280 g/mol. The lowest BCUT2D eigenvalue weighted by Crippen LogP contribution is -2.42. The lowest BCUT2D eigenvalue weighted by Gasteiger charge is -2.29. The van der Waals surface area contributed by atoms with Crippen molar-refractivity contribution < 1.29 is 9.53 Å². The van der Waals surface area contributed by atoms with Gasteiger partial charge in [-0.1, -0.05) is 6.92 Å². The van der Waals surface area contributed by atoms with Gasteiger partial charge < -0.3 is 10.5 Å². The summed E-state index contributed by atoms with van der Waals surface area (Å²) in [6.07, 6.45) is 4.47. The number of nitrogens with two attached hydrogens (primary N) is 1. The first-order valence-corrected chi connectivity index (χ1v) is 7.26. The number of carbonyl (C=O) groups is 1. The number of rotatable bonds is 6. The number of methoxy groups -OCH3 is 1. The van der Waals surface area contributed by atoms with Gasteiger partial charge in [0.05, 0.1) is 19.9 Å². The first-order valence-electron chi connectivity index (χ1n) is 7.26. The highest BCUT2D eigenvalue weighted by Gasteiger charge is 2.23. The Kier molecular flexibility index (Phi) is 5.14. The summed E-state index contributed by atoms with van der Waals surface area (Å²) in [6.45, 7) is 4.98. The quantitative estimate of drug-likeness (QED) is 0.784. The van der Waals surface area contributed by atoms with Gasteiger partial charge in [0.15, 0.2) is 11.5 Å². The second-order valence-corrected chi connectivity index (χ2v) is 5.32. The molecule has 2 rings (SSSR count). The molecule has 0 saturated carbocycles. The van der Waals surface area contributed by atoms with E-state index >= 15 is 0 Å². The van der Waals surface area contributed by atoms with Crippen LogP contribution in [-0.2, 0) is 6.54 Å². The molecule has 0 aromatic carbocycles. The number of Topliss-reactive ketones (excluding diaryl/α,β-unsaturated/α-hetero) is 1. The summed E-state index contributed by atoms with van der Waals surface area (Å²) in [7, 11) is 1.57. The Labute approximate surface area is 119 Å². The van der Waals surface area contributed by atoms with Crippen LogP contribution in [0.2, 0.25) is 0 Å². The summed E-state index contributed by atoms with van der Waals surface area (Å²) in [5, 5.41) is 4.24. The molecule has 1 saturated heterocycles. The molecule has 0 atom stereocenters. The SMILES string of the molecule is CCCn1ncc(OC)c1C(=O)CN1CCC(N)CC1. The number of ketones is 1. The smallest absolute Gasteiger partial charge is 0.198 e. The molecule has 0 radical (unpaired) electrons. The van der Waals surface area contributed by atoms with Crippen LogP contribution in [0.25, 0.3) is 0 Å². The summed E-state index contributed by atoms with van der Waals surface area (Å²) in [5.41, 5.74) is 6.47. The molecule has 6 heteroatoms. The Morgan fingerprint density at radius 3 is 2.80 bits per heavy atom. The molecular weight excluding hydrogens is 256 g/mol. The molecule has 0 amide bonds. The van der Waals surface area contributed by atoms with Crippen LogP contribution in [-0.4, -0.2) is 53.2 Å². The molecule has 20 heavy (non-hydrogen) atoms. The van der Waals surface area contributed by atoms with Gasteiger partial charge in [0.25, 0.3) is 0 Å². The van der Waals surface area contributed by atoms with E-state index in [2.05, 4.69) is 16.9 Å². The first-order chi connectivity index (χ1) is 9.65. The number of ether oxygens (including phenoxy) is 1. The third-order valence-corrected chi connectivity index (χ3v) is 3.72. The molecule has 0 aliphatic carbocycles. The van der Waals surface area contributed by atoms with Crippen molar-refractivity contribution in [3.05, 3.63) is 11.9 Å². The van der Waals surface area contributed by atoms with Gasteiger partial charge in [0.1, 0.15) is 5.69 Å². The van der Waals surface area contributed by atoms with Crippen LogP contribution in [0.15, 0.2) is 6.20 Å². The number of hydrogen-bond acceptors (Lipinski definition) is 5. The molecule has 2 N–H and O–H groups in total. The maximum Gasteiger partial charge on any atom is 0.198 e. The normalized spacial score (nSPS) is 17.4. The van der Waals surface area contributed by atoms with Crippen LogP contribution in [0.3, 0.4) is 0 Å². The van der Waals surface area contributed by atoms with Gasteiger partial charge in [-0.15, -0.1) is 0 Å². The van der Waals surface area contributed by atoms with Crippen molar-refractivity contribution in [2.45, 2.75) is 38.8 Å². The minimum absolute atomic E-state index is 0.0725. The molecule has 112 valence electrons. The molecule has 1 aliphatic heterocycles. The highest BCUT2D eigenvalue weighted by molar-refractivity contribution is 5.98. The molecule has 1 fully saturated rings. The summed E-state index contributed by atoms with van der Waals surface area (Å²) in [6, 6.07) is 0.279. The van der Waals surface area contributed by atoms with E-state index in [0.717, 1.165) is 38.9 Å². The third-order valence-electron chi connectivity index (χ3n) is 3.72. The molecule has 1 aliphatic rings. The second kappa shape index (κ2) is 6.85. The molecule has 1 aromatic rings. The van der Waals surface area contributed by atoms with E-state index in [4.69, 9.17) is 10.5 Å². The zero-order valence-corrected chi connectivity index (χ0v) is 12.3. The van der Waals surface area contributed by atoms with Crippen molar-refractivity contribution in [1.82, 2.24) is 14.7 Å². The summed E-state index contributed by atoms with van der Waals surface area (Å²) in [5.74, 6) is 0.639. The number of hydrogen-bond donors (Lipinski definition) is 1. The fraction of sp³-hybridized carbons (Fsp3) is 0.714. The van der Waals surface area contributed by atoms with E-state index in [-0.39, 0.29) is 11.8 Å². The lowest BCUT2D eigenvalue weighted by molar-refractivity contribution is 0.0896. The van der Waals surface area contributed by atoms with Crippen molar-refractivity contribution in [2.75, 3.05) is 26.7 Å². The van der Waals surface area contributed by atoms with Crippen molar-refractivity contribution in [3.8, 4) is 5.75 Å². The van der Waals surface area contributed by atoms with E-state index in [1.54, 1.807) is 18.0 Å². The molecule has 0 spiro atoms. The number of carbonyl (C=O) groups excluding carboxylic acids is 1. The van der Waals surface area contributed by atoms with Crippen molar-refractivity contribution >= 4 is 5.78 Å². The highest BCUT2D eigenvalue weighted by atomic mass is 16.5. The van der Waals surface area contributed by atoms with E-state index in [1.165, 1.54) is 0 Å². The number of nitrogens with zero attached hydrogens (tertiary/aromatic N) is 3. The third kappa shape index (κ3) is 3.37. The molecule has 2 heterocycles. The zero-order chi connectivity index (χ0) is 14.5. The standard InChI is InChI=1S/C14H24N4O2/c1-3-6-18-14(13(20-2)9-16-18)12(19)10-17-7-4-11(15)5-8-17/h9,11H,3-8,10,15H2,1-2H3. The van der Waals surface area contributed by atoms with Crippen LogP contribution in [0, 0.1) is 0 Å². The average Bonchev–Trinajstić information content (AvgIpc) is 2.85. The van der Waals surface area contributed by atoms with Crippen LogP contribution in [0.4, 0.5) is 0 Å². The predicted molar refractivity (Wildman–Crippen MR) is 77.0 cm³/mol. The maximum absolute atomic E-state index is 12.5. The highest BCUT2D eigenvalue weighted by Crippen LogP contribution is 2.19. The molecular formula is C14H24N4O2. The number of aryl methyl sites for hydroxylation is 1. The number of likely N-dealkylation sites (tertiary alicyclic amines) is 1. The molecule has 1 aromatic heterocycles. The fourth-order valence-electron chi connectivity index (χ4n) is 2.57. The summed E-state index contributed by atoms with van der Waals surface area (Å²) in [4.78, 5) is 14.7. The lowest BCUT2D eigenvalue weighted by atomic mass is 10.1. The summed E-state index contributed by atoms with van der Waals surface area (Å²) < 4.78 is 7.00. The van der Waals surface area contributed by atoms with Gasteiger partial charge in [-0.25, -0.2) is 0 Å². The Morgan fingerprint density at radius 2 is 2.20 bits per heavy atom. The van der Waals surface area contributed by atoms with Crippen molar-refractivity contribution in [3.63, 3.8) is 0 Å². The monoisotopic (exact) mass is 280 g/mol. The fourth-order valence-corrected chi connectivity index (χ4v) is 2.57. The Morgan fingerprint density at radius 1 is 1.50 bits per heavy atom. The zero-order valence-electron chi connectivity index (χ0n) is 12.3. The van der Waals surface area contributed by atoms with Gasteiger partial charge in [0, 0.05) is 25.7 Å². The number of piperidine rings is 1. The van der Waals surface area contributed by atoms with Gasteiger partial charge in [-0.3, -0.25) is 14.4 Å². The Hall–Kier alpha value is -1.40. The largest absolute Gasteiger partial charge is 0.493 e. The van der Waals surface area contributed by atoms with E-state index in [1.807, 2.05) is 0 Å². The van der Waals surface area contributed by atoms with Crippen LogP contribution < -0.4 is 10.5 Å². The van der Waals surface area contributed by atoms with Crippen molar-refractivity contribution in [2.24, 2.45) is 5.73 Å². The van der Waals surface area contributed by atoms with E-state index < -0.39 is 0 Å². The van der Waals surface area contributed by atoms with Crippen LogP contribution in [0.5, 0.6) is 5.75 Å². The molecule has 0 bridgehead atoms. The Bertz CT molecular complexity index is 450. The second-order valence-electron chi connectivity index (χ2n) is 5.32. The van der Waals surface area contributed by atoms with E-state index in [9.17, 15) is 4.79 Å².